The van der Waals surface area contributed by atoms with Crippen molar-refractivity contribution in [3.8, 4) is 11.1 Å². The molecule has 0 aliphatic heterocycles. The topological polar surface area (TPSA) is 0 Å². The van der Waals surface area contributed by atoms with E-state index >= 15 is 0 Å². The summed E-state index contributed by atoms with van der Waals surface area (Å²) in [5, 5.41) is 0.536. The van der Waals surface area contributed by atoms with Gasteiger partial charge in [0, 0.05) is 15.9 Å². The van der Waals surface area contributed by atoms with E-state index in [1.54, 1.807) is 6.07 Å². The standard InChI is InChI=1S/C22H23Cl/c23-16-7-8-18-17-5-1-2-6-19(17)22(20(18)15-16)13-11-21(12-14-22)9-3-4-10-21/h1-2,5-8,15H,3-4,9-14H2/i13D2,14D2. The van der Waals surface area contributed by atoms with Crippen molar-refractivity contribution >= 4 is 11.6 Å². The van der Waals surface area contributed by atoms with Gasteiger partial charge in [-0.15, -0.1) is 0 Å². The lowest BCUT2D eigenvalue weighted by Gasteiger charge is -2.44. The summed E-state index contributed by atoms with van der Waals surface area (Å²) in [5.41, 5.74) is 1.84. The van der Waals surface area contributed by atoms with Gasteiger partial charge in [-0.05, 0) is 78.2 Å². The molecule has 0 atom stereocenters. The van der Waals surface area contributed by atoms with Crippen LogP contribution >= 0.6 is 11.6 Å². The van der Waals surface area contributed by atoms with Gasteiger partial charge >= 0.3 is 0 Å². The monoisotopic (exact) mass is 326 g/mol. The highest BCUT2D eigenvalue weighted by Crippen LogP contribution is 2.61. The molecule has 0 saturated heterocycles. The van der Waals surface area contributed by atoms with E-state index < -0.39 is 18.2 Å². The molecule has 0 bridgehead atoms. The molecule has 3 aliphatic rings. The third-order valence-electron chi connectivity index (χ3n) is 6.13. The molecule has 5 rings (SSSR count). The Morgan fingerprint density at radius 1 is 0.826 bits per heavy atom. The van der Waals surface area contributed by atoms with Gasteiger partial charge in [0.2, 0.25) is 0 Å². The average molecular weight is 327 g/mol. The summed E-state index contributed by atoms with van der Waals surface area (Å²) in [6.07, 6.45) is 1.49. The maximum atomic E-state index is 9.23. The molecule has 0 nitrogen and oxygen atoms in total. The summed E-state index contributed by atoms with van der Waals surface area (Å²) in [7, 11) is 0. The fraction of sp³-hybridized carbons (Fsp3) is 0.455. The molecule has 3 aliphatic carbocycles. The van der Waals surface area contributed by atoms with Crippen LogP contribution in [-0.4, -0.2) is 0 Å². The van der Waals surface area contributed by atoms with Crippen molar-refractivity contribution in [1.82, 2.24) is 0 Å². The fourth-order valence-electron chi connectivity index (χ4n) is 4.88. The number of halogens is 1. The first kappa shape index (κ1) is 10.6. The van der Waals surface area contributed by atoms with Crippen LogP contribution in [0.4, 0.5) is 0 Å². The van der Waals surface area contributed by atoms with Crippen LogP contribution in [0.15, 0.2) is 42.5 Å². The first-order chi connectivity index (χ1) is 12.7. The quantitative estimate of drug-likeness (QED) is 0.502. The van der Waals surface area contributed by atoms with Gasteiger partial charge in [0.05, 0.1) is 0 Å². The maximum Gasteiger partial charge on any atom is 0.0409 e. The molecule has 0 aromatic heterocycles. The number of hydrogen-bond acceptors (Lipinski definition) is 0. The van der Waals surface area contributed by atoms with Crippen LogP contribution < -0.4 is 0 Å². The van der Waals surface area contributed by atoms with Crippen molar-refractivity contribution in [2.24, 2.45) is 5.41 Å². The lowest BCUT2D eigenvalue weighted by molar-refractivity contribution is 0.152. The van der Waals surface area contributed by atoms with Crippen molar-refractivity contribution in [3.05, 3.63) is 58.6 Å². The molecule has 2 aromatic carbocycles. The van der Waals surface area contributed by atoms with Gasteiger partial charge in [-0.1, -0.05) is 54.8 Å². The molecule has 2 saturated carbocycles. The molecule has 118 valence electrons. The Hall–Kier alpha value is -1.27. The zero-order valence-electron chi connectivity index (χ0n) is 17.2. The van der Waals surface area contributed by atoms with E-state index in [1.165, 1.54) is 0 Å². The lowest BCUT2D eigenvalue weighted by Crippen LogP contribution is -2.35. The Morgan fingerprint density at radius 2 is 1.52 bits per heavy atom. The highest BCUT2D eigenvalue weighted by Gasteiger charge is 2.49. The second kappa shape index (κ2) is 4.86. The molecule has 0 N–H and O–H groups in total. The average Bonchev–Trinajstić information content (AvgIpc) is 3.13. The Labute approximate surface area is 149 Å². The molecule has 0 radical (unpaired) electrons. The summed E-state index contributed by atoms with van der Waals surface area (Å²) in [6.45, 7) is 0. The zero-order chi connectivity index (χ0) is 19.1. The van der Waals surface area contributed by atoms with Crippen molar-refractivity contribution in [3.63, 3.8) is 0 Å². The highest BCUT2D eigenvalue weighted by molar-refractivity contribution is 6.30. The van der Waals surface area contributed by atoms with E-state index in [-0.39, 0.29) is 5.41 Å². The number of rotatable bonds is 0. The van der Waals surface area contributed by atoms with E-state index in [0.717, 1.165) is 47.9 Å². The van der Waals surface area contributed by atoms with Crippen LogP contribution in [0.3, 0.4) is 0 Å². The number of fused-ring (bicyclic) bond motifs is 5. The van der Waals surface area contributed by atoms with Crippen molar-refractivity contribution in [1.29, 1.82) is 0 Å². The van der Waals surface area contributed by atoms with Gasteiger partial charge in [0.15, 0.2) is 0 Å². The van der Waals surface area contributed by atoms with E-state index in [2.05, 4.69) is 0 Å². The first-order valence-corrected chi connectivity index (χ1v) is 9.00. The molecule has 2 fully saturated rings. The fourth-order valence-corrected chi connectivity index (χ4v) is 5.05. The molecule has 23 heavy (non-hydrogen) atoms. The van der Waals surface area contributed by atoms with Crippen molar-refractivity contribution in [2.75, 3.05) is 0 Å². The molecule has 0 amide bonds. The van der Waals surface area contributed by atoms with Crippen molar-refractivity contribution in [2.45, 2.75) is 56.7 Å². The Morgan fingerprint density at radius 3 is 2.30 bits per heavy atom. The van der Waals surface area contributed by atoms with Crippen LogP contribution in [0.1, 0.15) is 67.9 Å². The predicted molar refractivity (Wildman–Crippen MR) is 97.0 cm³/mol. The lowest BCUT2D eigenvalue weighted by atomic mass is 9.59. The van der Waals surface area contributed by atoms with Gasteiger partial charge in [-0.2, -0.15) is 0 Å². The Balaban J connectivity index is 1.84. The maximum absolute atomic E-state index is 9.23. The van der Waals surface area contributed by atoms with E-state index in [0.29, 0.717) is 17.9 Å². The summed E-state index contributed by atoms with van der Waals surface area (Å²) in [6, 6.07) is 13.3. The van der Waals surface area contributed by atoms with Crippen molar-refractivity contribution < 1.29 is 5.48 Å². The van der Waals surface area contributed by atoms with Gasteiger partial charge < -0.3 is 0 Å². The summed E-state index contributed by atoms with van der Waals surface area (Å²) in [5.74, 6) is 0. The molecular formula is C22H23Cl. The molecule has 2 aromatic rings. The SMILES string of the molecule is [2H]C1([2H])CC2(CCCC2)CC([2H])([2H])C12c1ccccc1-c1ccc(Cl)cc12. The number of benzene rings is 2. The zero-order valence-corrected chi connectivity index (χ0v) is 13.9. The van der Waals surface area contributed by atoms with Crippen LogP contribution in [0.25, 0.3) is 11.1 Å². The van der Waals surface area contributed by atoms with Gasteiger partial charge in [0.25, 0.3) is 0 Å². The van der Waals surface area contributed by atoms with Crippen LogP contribution in [0.2, 0.25) is 5.02 Å². The van der Waals surface area contributed by atoms with Gasteiger partial charge in [-0.25, -0.2) is 0 Å². The van der Waals surface area contributed by atoms with Gasteiger partial charge in [0.1, 0.15) is 0 Å². The van der Waals surface area contributed by atoms with E-state index in [1.807, 2.05) is 36.4 Å². The molecule has 2 spiro atoms. The summed E-state index contributed by atoms with van der Waals surface area (Å²) in [4.78, 5) is 0. The summed E-state index contributed by atoms with van der Waals surface area (Å²) < 4.78 is 36.9. The smallest absolute Gasteiger partial charge is 0.0409 e. The Kier molecular flexibility index (Phi) is 2.23. The molecule has 0 heterocycles. The third-order valence-corrected chi connectivity index (χ3v) is 6.36. The van der Waals surface area contributed by atoms with E-state index in [9.17, 15) is 5.48 Å². The van der Waals surface area contributed by atoms with Crippen LogP contribution in [-0.2, 0) is 5.41 Å². The molecule has 0 unspecified atom stereocenters. The first-order valence-electron chi connectivity index (χ1n) is 10.6. The molecule has 1 heteroatoms. The minimum Gasteiger partial charge on any atom is -0.0843 e. The number of hydrogen-bond donors (Lipinski definition) is 0. The second-order valence-corrected chi connectivity index (χ2v) is 7.84. The minimum absolute atomic E-state index is 0.214. The van der Waals surface area contributed by atoms with Gasteiger partial charge in [-0.3, -0.25) is 0 Å². The minimum atomic E-state index is -1.69. The third kappa shape index (κ3) is 1.91. The largest absolute Gasteiger partial charge is 0.0843 e. The molecular weight excluding hydrogens is 300 g/mol. The van der Waals surface area contributed by atoms with Crippen LogP contribution in [0, 0.1) is 5.41 Å². The normalized spacial score (nSPS) is 30.1. The highest BCUT2D eigenvalue weighted by atomic mass is 35.5. The van der Waals surface area contributed by atoms with Crippen LogP contribution in [0.5, 0.6) is 0 Å². The second-order valence-electron chi connectivity index (χ2n) is 7.40. The predicted octanol–water partition coefficient (Wildman–Crippen LogP) is 6.74. The summed E-state index contributed by atoms with van der Waals surface area (Å²) >= 11 is 6.33. The van der Waals surface area contributed by atoms with E-state index in [4.69, 9.17) is 11.6 Å². The Bertz CT molecular complexity index is 908.